The van der Waals surface area contributed by atoms with Crippen molar-refractivity contribution < 1.29 is 9.34 Å². The Hall–Kier alpha value is -2.97. The van der Waals surface area contributed by atoms with E-state index in [9.17, 15) is 14.9 Å². The molecular formula is C20H14ClN3O4S. The number of thiophene rings is 1. The average molecular weight is 428 g/mol. The lowest BCUT2D eigenvalue weighted by atomic mass is 9.97. The lowest BCUT2D eigenvalue weighted by Crippen LogP contribution is -2.11. The first-order valence-electron chi connectivity index (χ1n) is 9.10. The Morgan fingerprint density at radius 2 is 1.97 bits per heavy atom. The summed E-state index contributed by atoms with van der Waals surface area (Å²) in [6.07, 6.45) is 4.12. The lowest BCUT2D eigenvalue weighted by molar-refractivity contribution is -0.384. The molecule has 0 amide bonds. The van der Waals surface area contributed by atoms with Crippen molar-refractivity contribution in [3.63, 3.8) is 0 Å². The molecule has 7 nitrogen and oxygen atoms in total. The number of nitro groups is 1. The number of H-pyrrole nitrogens is 1. The molecule has 9 heteroatoms. The van der Waals surface area contributed by atoms with Gasteiger partial charge in [0.25, 0.3) is 11.2 Å². The maximum Gasteiger partial charge on any atom is 0.270 e. The van der Waals surface area contributed by atoms with Crippen molar-refractivity contribution in [1.29, 1.82) is 0 Å². The van der Waals surface area contributed by atoms with Gasteiger partial charge in [0.2, 0.25) is 0 Å². The molecule has 1 aliphatic rings. The van der Waals surface area contributed by atoms with Gasteiger partial charge in [-0.25, -0.2) is 4.98 Å². The van der Waals surface area contributed by atoms with Crippen LogP contribution in [0.15, 0.2) is 39.5 Å². The van der Waals surface area contributed by atoms with Gasteiger partial charge in [0.05, 0.1) is 15.3 Å². The Morgan fingerprint density at radius 3 is 2.79 bits per heavy atom. The smallest absolute Gasteiger partial charge is 0.270 e. The van der Waals surface area contributed by atoms with Gasteiger partial charge in [-0.3, -0.25) is 14.9 Å². The summed E-state index contributed by atoms with van der Waals surface area (Å²) in [6, 6.07) is 7.48. The maximum absolute atomic E-state index is 12.7. The van der Waals surface area contributed by atoms with Crippen molar-refractivity contribution in [3.8, 4) is 22.9 Å². The highest BCUT2D eigenvalue weighted by Gasteiger charge is 2.21. The standard InChI is InChI=1S/C20H14ClN3O4S/c21-13-6-5-10(24(26)27)9-12(13)14-7-8-15(28-14)18-22-19(25)17-11-3-1-2-4-16(11)29-20(17)23-18/h5-9H,1-4H2,(H,22,23,25). The molecule has 0 bridgehead atoms. The molecule has 0 radical (unpaired) electrons. The highest BCUT2D eigenvalue weighted by molar-refractivity contribution is 7.18. The first kappa shape index (κ1) is 18.1. The number of fused-ring (bicyclic) bond motifs is 3. The molecule has 4 aromatic rings. The molecule has 0 unspecified atom stereocenters. The third-order valence-corrected chi connectivity index (χ3v) is 6.61. The quantitative estimate of drug-likeness (QED) is 0.350. The van der Waals surface area contributed by atoms with Crippen LogP contribution in [0.3, 0.4) is 0 Å². The number of benzene rings is 1. The molecule has 3 aromatic heterocycles. The van der Waals surface area contributed by atoms with Crippen LogP contribution < -0.4 is 5.56 Å². The van der Waals surface area contributed by atoms with Crippen molar-refractivity contribution in [2.75, 3.05) is 0 Å². The van der Waals surface area contributed by atoms with E-state index in [-0.39, 0.29) is 11.2 Å². The van der Waals surface area contributed by atoms with E-state index in [1.165, 1.54) is 23.1 Å². The van der Waals surface area contributed by atoms with Crippen molar-refractivity contribution >= 4 is 38.8 Å². The monoisotopic (exact) mass is 427 g/mol. The molecule has 0 fully saturated rings. The summed E-state index contributed by atoms with van der Waals surface area (Å²) in [4.78, 5) is 32.7. The van der Waals surface area contributed by atoms with Crippen molar-refractivity contribution in [2.24, 2.45) is 0 Å². The molecule has 0 saturated heterocycles. The van der Waals surface area contributed by atoms with Crippen LogP contribution in [0.4, 0.5) is 5.69 Å². The summed E-state index contributed by atoms with van der Waals surface area (Å²) in [7, 11) is 0. The molecule has 1 aliphatic carbocycles. The normalized spacial score (nSPS) is 13.6. The maximum atomic E-state index is 12.7. The molecule has 0 atom stereocenters. The zero-order chi connectivity index (χ0) is 20.1. The van der Waals surface area contributed by atoms with E-state index in [1.54, 1.807) is 23.5 Å². The van der Waals surface area contributed by atoms with Gasteiger partial charge in [0, 0.05) is 22.6 Å². The number of furan rings is 1. The minimum Gasteiger partial charge on any atom is -0.453 e. The van der Waals surface area contributed by atoms with E-state index in [0.29, 0.717) is 38.1 Å². The number of non-ortho nitro benzene ring substituents is 1. The van der Waals surface area contributed by atoms with Crippen LogP contribution in [0.5, 0.6) is 0 Å². The minimum absolute atomic E-state index is 0.0838. The number of nitrogens with one attached hydrogen (secondary N) is 1. The Balaban J connectivity index is 1.59. The number of nitro benzene ring substituents is 1. The van der Waals surface area contributed by atoms with Gasteiger partial charge in [-0.15, -0.1) is 11.3 Å². The molecule has 29 heavy (non-hydrogen) atoms. The van der Waals surface area contributed by atoms with Crippen LogP contribution in [0.25, 0.3) is 33.1 Å². The van der Waals surface area contributed by atoms with E-state index in [1.807, 2.05) is 0 Å². The molecule has 1 N–H and O–H groups in total. The minimum atomic E-state index is -0.491. The Morgan fingerprint density at radius 1 is 1.17 bits per heavy atom. The summed E-state index contributed by atoms with van der Waals surface area (Å²) < 4.78 is 5.84. The summed E-state index contributed by atoms with van der Waals surface area (Å²) in [6.45, 7) is 0. The number of halogens is 1. The summed E-state index contributed by atoms with van der Waals surface area (Å²) in [5, 5.41) is 12.1. The Labute approximate surface area is 173 Å². The second-order valence-electron chi connectivity index (χ2n) is 6.89. The van der Waals surface area contributed by atoms with Crippen LogP contribution in [-0.2, 0) is 12.8 Å². The molecule has 1 aromatic carbocycles. The van der Waals surface area contributed by atoms with Crippen LogP contribution >= 0.6 is 22.9 Å². The highest BCUT2D eigenvalue weighted by Crippen LogP contribution is 2.36. The summed E-state index contributed by atoms with van der Waals surface area (Å²) in [5.74, 6) is 1.06. The highest BCUT2D eigenvalue weighted by atomic mass is 35.5. The number of aromatic amines is 1. The van der Waals surface area contributed by atoms with Crippen LogP contribution in [0.2, 0.25) is 5.02 Å². The van der Waals surface area contributed by atoms with Gasteiger partial charge in [0.15, 0.2) is 11.6 Å². The molecule has 0 spiro atoms. The van der Waals surface area contributed by atoms with Gasteiger partial charge in [-0.2, -0.15) is 0 Å². The fourth-order valence-electron chi connectivity index (χ4n) is 3.71. The fraction of sp³-hybridized carbons (Fsp3) is 0.200. The predicted molar refractivity (Wildman–Crippen MR) is 112 cm³/mol. The van der Waals surface area contributed by atoms with E-state index < -0.39 is 4.92 Å². The predicted octanol–water partition coefficient (Wildman–Crippen LogP) is 5.35. The van der Waals surface area contributed by atoms with E-state index in [2.05, 4.69) is 9.97 Å². The largest absolute Gasteiger partial charge is 0.453 e. The number of aromatic nitrogens is 2. The second kappa shape index (κ2) is 6.82. The Bertz CT molecular complexity index is 1340. The average Bonchev–Trinajstić information content (AvgIpc) is 3.33. The topological polar surface area (TPSA) is 102 Å². The van der Waals surface area contributed by atoms with Gasteiger partial charge >= 0.3 is 0 Å². The van der Waals surface area contributed by atoms with E-state index in [0.717, 1.165) is 31.2 Å². The zero-order valence-corrected chi connectivity index (χ0v) is 16.6. The molecule has 5 rings (SSSR count). The SMILES string of the molecule is O=c1[nH]c(-c2ccc(-c3cc([N+](=O)[O-])ccc3Cl)o2)nc2sc3c(c12)CCCC3. The number of hydrogen-bond acceptors (Lipinski definition) is 6. The zero-order valence-electron chi connectivity index (χ0n) is 15.0. The van der Waals surface area contributed by atoms with Crippen LogP contribution in [0, 0.1) is 10.1 Å². The molecular weight excluding hydrogens is 414 g/mol. The molecule has 3 heterocycles. The van der Waals surface area contributed by atoms with E-state index in [4.69, 9.17) is 16.0 Å². The molecule has 0 saturated carbocycles. The third-order valence-electron chi connectivity index (χ3n) is 5.09. The van der Waals surface area contributed by atoms with Gasteiger partial charge < -0.3 is 9.40 Å². The number of aryl methyl sites for hydroxylation is 2. The summed E-state index contributed by atoms with van der Waals surface area (Å²) >= 11 is 7.76. The van der Waals surface area contributed by atoms with Gasteiger partial charge in [0.1, 0.15) is 10.6 Å². The van der Waals surface area contributed by atoms with Crippen LogP contribution in [0.1, 0.15) is 23.3 Å². The number of rotatable bonds is 3. The van der Waals surface area contributed by atoms with Crippen LogP contribution in [-0.4, -0.2) is 14.9 Å². The molecule has 0 aliphatic heterocycles. The lowest BCUT2D eigenvalue weighted by Gasteiger charge is -2.09. The van der Waals surface area contributed by atoms with Crippen molar-refractivity contribution in [2.45, 2.75) is 25.7 Å². The number of hydrogen-bond donors (Lipinski definition) is 1. The van der Waals surface area contributed by atoms with Gasteiger partial charge in [-0.05, 0) is 49.4 Å². The third kappa shape index (κ3) is 3.04. The fourth-order valence-corrected chi connectivity index (χ4v) is 5.18. The first-order chi connectivity index (χ1) is 14.0. The molecule has 146 valence electrons. The Kier molecular flexibility index (Phi) is 4.25. The second-order valence-corrected chi connectivity index (χ2v) is 8.38. The van der Waals surface area contributed by atoms with E-state index >= 15 is 0 Å². The first-order valence-corrected chi connectivity index (χ1v) is 10.3. The van der Waals surface area contributed by atoms with Crippen molar-refractivity contribution in [3.05, 3.63) is 66.3 Å². The summed E-state index contributed by atoms with van der Waals surface area (Å²) in [5.41, 5.74) is 1.28. The number of nitrogens with zero attached hydrogens (tertiary/aromatic N) is 2. The van der Waals surface area contributed by atoms with Gasteiger partial charge in [-0.1, -0.05) is 11.6 Å². The van der Waals surface area contributed by atoms with Crippen molar-refractivity contribution in [1.82, 2.24) is 9.97 Å².